The highest BCUT2D eigenvalue weighted by Crippen LogP contribution is 2.40. The molecule has 0 bridgehead atoms. The molecule has 0 aromatic carbocycles. The van der Waals surface area contributed by atoms with Crippen LogP contribution in [0.25, 0.3) is 11.2 Å². The van der Waals surface area contributed by atoms with Gasteiger partial charge in [0, 0.05) is 25.2 Å². The molecule has 1 saturated carbocycles. The largest absolute Gasteiger partial charge is 0.396 e. The quantitative estimate of drug-likeness (QED) is 0.585. The summed E-state index contributed by atoms with van der Waals surface area (Å²) >= 11 is 0. The van der Waals surface area contributed by atoms with Crippen LogP contribution in [0.5, 0.6) is 0 Å². The van der Waals surface area contributed by atoms with E-state index in [1.165, 1.54) is 0 Å². The fraction of sp³-hybridized carbons (Fsp3) is 0.583. The number of aromatic nitrogens is 4. The molecular formula is C12H17N5O3. The average Bonchev–Trinajstić information content (AvgIpc) is 3.00. The van der Waals surface area contributed by atoms with E-state index in [1.807, 2.05) is 0 Å². The number of nitrogens with one attached hydrogen (secondary N) is 1. The van der Waals surface area contributed by atoms with Crippen molar-refractivity contribution in [2.45, 2.75) is 18.9 Å². The molecule has 0 spiro atoms. The van der Waals surface area contributed by atoms with Crippen LogP contribution in [-0.2, 0) is 0 Å². The Morgan fingerprint density at radius 3 is 2.90 bits per heavy atom. The number of aromatic amines is 1. The van der Waals surface area contributed by atoms with E-state index < -0.39 is 0 Å². The van der Waals surface area contributed by atoms with Crippen molar-refractivity contribution in [3.63, 3.8) is 0 Å². The Morgan fingerprint density at radius 2 is 2.20 bits per heavy atom. The van der Waals surface area contributed by atoms with E-state index in [0.29, 0.717) is 5.65 Å². The number of imidazole rings is 1. The number of nitrogens with two attached hydrogens (primary N) is 1. The van der Waals surface area contributed by atoms with Crippen molar-refractivity contribution in [3.05, 3.63) is 16.7 Å². The van der Waals surface area contributed by atoms with Crippen molar-refractivity contribution in [1.29, 1.82) is 0 Å². The first-order chi connectivity index (χ1) is 9.65. The third-order valence-electron chi connectivity index (χ3n) is 4.19. The summed E-state index contributed by atoms with van der Waals surface area (Å²) in [7, 11) is 0. The standard InChI is InChI=1S/C12H17N5O3/c13-12-15-10-9(11(20)16-12)14-5-17(10)8-2-1-6(3-18)7(8)4-19/h5-8,18-19H,1-4H2,(H3,13,15,16,20). The highest BCUT2D eigenvalue weighted by molar-refractivity contribution is 5.70. The number of rotatable bonds is 3. The molecule has 0 radical (unpaired) electrons. The summed E-state index contributed by atoms with van der Waals surface area (Å²) in [6.07, 6.45) is 3.18. The van der Waals surface area contributed by atoms with E-state index >= 15 is 0 Å². The predicted molar refractivity (Wildman–Crippen MR) is 72.0 cm³/mol. The van der Waals surface area contributed by atoms with Crippen LogP contribution < -0.4 is 11.3 Å². The van der Waals surface area contributed by atoms with Crippen molar-refractivity contribution in [1.82, 2.24) is 19.5 Å². The number of aliphatic hydroxyl groups excluding tert-OH is 2. The van der Waals surface area contributed by atoms with Crippen molar-refractivity contribution >= 4 is 17.1 Å². The van der Waals surface area contributed by atoms with E-state index in [4.69, 9.17) is 5.73 Å². The lowest BCUT2D eigenvalue weighted by Gasteiger charge is -2.22. The van der Waals surface area contributed by atoms with Crippen LogP contribution in [0, 0.1) is 11.8 Å². The molecule has 8 nitrogen and oxygen atoms in total. The zero-order valence-corrected chi connectivity index (χ0v) is 10.9. The van der Waals surface area contributed by atoms with Gasteiger partial charge in [-0.1, -0.05) is 0 Å². The van der Waals surface area contributed by atoms with Gasteiger partial charge in [-0.3, -0.25) is 9.78 Å². The Bertz CT molecular complexity index is 679. The number of hydrogen-bond acceptors (Lipinski definition) is 6. The summed E-state index contributed by atoms with van der Waals surface area (Å²) < 4.78 is 1.79. The van der Waals surface area contributed by atoms with Gasteiger partial charge in [0.1, 0.15) is 0 Å². The smallest absolute Gasteiger partial charge is 0.280 e. The molecule has 1 aliphatic carbocycles. The summed E-state index contributed by atoms with van der Waals surface area (Å²) in [6.45, 7) is 0.0265. The lowest BCUT2D eigenvalue weighted by Crippen LogP contribution is -2.24. The molecule has 0 amide bonds. The van der Waals surface area contributed by atoms with Gasteiger partial charge in [0.05, 0.1) is 6.33 Å². The minimum atomic E-state index is -0.372. The van der Waals surface area contributed by atoms with Crippen LogP contribution in [0.1, 0.15) is 18.9 Å². The summed E-state index contributed by atoms with van der Waals surface area (Å²) in [5.41, 5.74) is 5.87. The Balaban J connectivity index is 2.09. The van der Waals surface area contributed by atoms with E-state index in [-0.39, 0.29) is 48.1 Å². The molecule has 1 fully saturated rings. The molecular weight excluding hydrogens is 262 g/mol. The van der Waals surface area contributed by atoms with Crippen molar-refractivity contribution in [2.75, 3.05) is 18.9 Å². The average molecular weight is 279 g/mol. The number of fused-ring (bicyclic) bond motifs is 1. The highest BCUT2D eigenvalue weighted by Gasteiger charge is 2.37. The molecule has 3 atom stereocenters. The van der Waals surface area contributed by atoms with Crippen LogP contribution in [0.15, 0.2) is 11.1 Å². The van der Waals surface area contributed by atoms with Gasteiger partial charge >= 0.3 is 0 Å². The van der Waals surface area contributed by atoms with Gasteiger partial charge in [-0.05, 0) is 18.8 Å². The van der Waals surface area contributed by atoms with Crippen LogP contribution in [0.3, 0.4) is 0 Å². The second-order valence-corrected chi connectivity index (χ2v) is 5.21. The van der Waals surface area contributed by atoms with Gasteiger partial charge in [0.25, 0.3) is 5.56 Å². The number of nitrogen functional groups attached to an aromatic ring is 1. The van der Waals surface area contributed by atoms with Crippen LogP contribution in [-0.4, -0.2) is 42.9 Å². The van der Waals surface area contributed by atoms with Crippen molar-refractivity contribution in [2.24, 2.45) is 11.8 Å². The van der Waals surface area contributed by atoms with E-state index in [0.717, 1.165) is 12.8 Å². The SMILES string of the molecule is Nc1nc2c(ncn2C2CCC(CO)C2CO)c(=O)[nH]1. The Hall–Kier alpha value is -1.93. The van der Waals surface area contributed by atoms with Crippen molar-refractivity contribution < 1.29 is 10.2 Å². The maximum Gasteiger partial charge on any atom is 0.280 e. The molecule has 0 aliphatic heterocycles. The Morgan fingerprint density at radius 1 is 1.40 bits per heavy atom. The normalized spacial score (nSPS) is 26.4. The molecule has 2 aromatic heterocycles. The summed E-state index contributed by atoms with van der Waals surface area (Å²) in [5, 5.41) is 18.9. The van der Waals surface area contributed by atoms with Gasteiger partial charge in [-0.15, -0.1) is 0 Å². The van der Waals surface area contributed by atoms with E-state index in [9.17, 15) is 15.0 Å². The summed E-state index contributed by atoms with van der Waals surface area (Å²) in [6, 6.07) is -0.0316. The molecule has 108 valence electrons. The molecule has 8 heteroatoms. The molecule has 1 aliphatic rings. The number of hydrogen-bond donors (Lipinski definition) is 4. The molecule has 3 unspecified atom stereocenters. The lowest BCUT2D eigenvalue weighted by molar-refractivity contribution is 0.121. The van der Waals surface area contributed by atoms with E-state index in [1.54, 1.807) is 10.9 Å². The van der Waals surface area contributed by atoms with Gasteiger partial charge in [0.15, 0.2) is 11.2 Å². The van der Waals surface area contributed by atoms with Crippen molar-refractivity contribution in [3.8, 4) is 0 Å². The fourth-order valence-corrected chi connectivity index (χ4v) is 3.16. The van der Waals surface area contributed by atoms with E-state index in [2.05, 4.69) is 15.0 Å². The minimum Gasteiger partial charge on any atom is -0.396 e. The van der Waals surface area contributed by atoms with Gasteiger partial charge in [0.2, 0.25) is 5.95 Å². The summed E-state index contributed by atoms with van der Waals surface area (Å²) in [4.78, 5) is 22.4. The molecule has 5 N–H and O–H groups in total. The number of H-pyrrole nitrogens is 1. The monoisotopic (exact) mass is 279 g/mol. The van der Waals surface area contributed by atoms with Gasteiger partial charge in [-0.25, -0.2) is 4.98 Å². The molecule has 0 saturated heterocycles. The first-order valence-corrected chi connectivity index (χ1v) is 6.59. The third-order valence-corrected chi connectivity index (χ3v) is 4.19. The topological polar surface area (TPSA) is 130 Å². The van der Waals surface area contributed by atoms with Crippen LogP contribution in [0.4, 0.5) is 5.95 Å². The molecule has 2 heterocycles. The number of nitrogens with zero attached hydrogens (tertiary/aromatic N) is 3. The highest BCUT2D eigenvalue weighted by atomic mass is 16.3. The second kappa shape index (κ2) is 4.88. The zero-order valence-electron chi connectivity index (χ0n) is 10.9. The predicted octanol–water partition coefficient (Wildman–Crippen LogP) is -0.746. The van der Waals surface area contributed by atoms with Gasteiger partial charge in [-0.2, -0.15) is 4.98 Å². The fourth-order valence-electron chi connectivity index (χ4n) is 3.16. The molecule has 3 rings (SSSR count). The molecule has 20 heavy (non-hydrogen) atoms. The maximum atomic E-state index is 11.8. The lowest BCUT2D eigenvalue weighted by atomic mass is 9.95. The van der Waals surface area contributed by atoms with Crippen LogP contribution >= 0.6 is 0 Å². The minimum absolute atomic E-state index is 0.0196. The number of anilines is 1. The third kappa shape index (κ3) is 1.88. The van der Waals surface area contributed by atoms with Gasteiger partial charge < -0.3 is 20.5 Å². The molecule has 2 aromatic rings. The number of aliphatic hydroxyl groups is 2. The Kier molecular flexibility index (Phi) is 3.19. The second-order valence-electron chi connectivity index (χ2n) is 5.21. The zero-order chi connectivity index (χ0) is 14.3. The summed E-state index contributed by atoms with van der Waals surface area (Å²) in [5.74, 6) is 0.0306. The Labute approximate surface area is 114 Å². The maximum absolute atomic E-state index is 11.8. The van der Waals surface area contributed by atoms with Crippen LogP contribution in [0.2, 0.25) is 0 Å². The first kappa shape index (κ1) is 13.1. The first-order valence-electron chi connectivity index (χ1n) is 6.59.